The molecule has 0 spiro atoms. The number of fused-ring (bicyclic) bond motifs is 1. The van der Waals surface area contributed by atoms with Crippen LogP contribution in [0.25, 0.3) is 6.08 Å². The number of rotatable bonds is 6. The summed E-state index contributed by atoms with van der Waals surface area (Å²) < 4.78 is 10.0. The molecule has 3 heterocycles. The van der Waals surface area contributed by atoms with Gasteiger partial charge in [-0.25, -0.2) is 4.99 Å². The minimum atomic E-state index is -0.628. The maximum Gasteiger partial charge on any atom is 0.271 e. The fourth-order valence-electron chi connectivity index (χ4n) is 4.63. The van der Waals surface area contributed by atoms with Crippen LogP contribution in [0.1, 0.15) is 49.3 Å². The molecule has 0 saturated carbocycles. The molecule has 0 bridgehead atoms. The van der Waals surface area contributed by atoms with Gasteiger partial charge in [-0.15, -0.1) is 0 Å². The number of methoxy groups -OCH3 is 1. The van der Waals surface area contributed by atoms with Gasteiger partial charge in [0.25, 0.3) is 11.5 Å². The van der Waals surface area contributed by atoms with E-state index in [0.717, 1.165) is 22.5 Å². The predicted octanol–water partition coefficient (Wildman–Crippen LogP) is 3.07. The van der Waals surface area contributed by atoms with Crippen LogP contribution in [0.15, 0.2) is 51.4 Å². The van der Waals surface area contributed by atoms with Gasteiger partial charge in [-0.1, -0.05) is 29.5 Å². The summed E-state index contributed by atoms with van der Waals surface area (Å²) in [7, 11) is 3.62. The summed E-state index contributed by atoms with van der Waals surface area (Å²) in [4.78, 5) is 34.7. The Kier molecular flexibility index (Phi) is 6.85. The number of hydrogen-bond acceptors (Lipinski definition) is 5. The molecule has 0 aliphatic carbocycles. The van der Waals surface area contributed by atoms with E-state index in [1.54, 1.807) is 16.6 Å². The average molecular weight is 493 g/mol. The van der Waals surface area contributed by atoms with Gasteiger partial charge in [0.2, 0.25) is 0 Å². The highest BCUT2D eigenvalue weighted by molar-refractivity contribution is 7.07. The van der Waals surface area contributed by atoms with Gasteiger partial charge in [0.1, 0.15) is 11.8 Å². The smallest absolute Gasteiger partial charge is 0.271 e. The first kappa shape index (κ1) is 24.7. The van der Waals surface area contributed by atoms with E-state index in [0.29, 0.717) is 39.4 Å². The predicted molar refractivity (Wildman–Crippen MR) is 140 cm³/mol. The molecule has 0 radical (unpaired) electrons. The van der Waals surface area contributed by atoms with Crippen LogP contribution in [0.4, 0.5) is 0 Å². The SMILES string of the molecule is CCN(CC)C(=O)C1=C(C)N=c2s/c(=C/c3cc(C)n(C)c3C)c(=O)n2[C@H]1c1ccccc1OC. The van der Waals surface area contributed by atoms with Crippen LogP contribution in [0, 0.1) is 13.8 Å². The quantitative estimate of drug-likeness (QED) is 0.531. The lowest BCUT2D eigenvalue weighted by molar-refractivity contribution is -0.127. The first-order valence-electron chi connectivity index (χ1n) is 11.8. The van der Waals surface area contributed by atoms with Crippen LogP contribution in [-0.2, 0) is 11.8 Å². The van der Waals surface area contributed by atoms with Gasteiger partial charge in [-0.2, -0.15) is 0 Å². The molecule has 0 saturated heterocycles. The molecule has 1 aromatic carbocycles. The standard InChI is InChI=1S/C27H32N4O3S/c1-8-30(9-2)26(33)23-17(4)28-27-31(24(23)20-12-10-11-13-21(20)34-7)25(32)22(35-27)15-19-14-16(3)29(6)18(19)5/h10-15,24H,8-9H2,1-7H3/b22-15+/t24-/m0/s1. The van der Waals surface area contributed by atoms with Crippen molar-refractivity contribution in [3.05, 3.63) is 83.8 Å². The largest absolute Gasteiger partial charge is 0.496 e. The molecule has 0 N–H and O–H groups in total. The zero-order valence-corrected chi connectivity index (χ0v) is 22.2. The topological polar surface area (TPSA) is 68.8 Å². The number of aryl methyl sites for hydroxylation is 1. The Hall–Kier alpha value is -3.39. The van der Waals surface area contributed by atoms with E-state index in [1.165, 1.54) is 11.3 Å². The number of likely N-dealkylation sites (N-methyl/N-ethyl adjacent to an activating group) is 1. The first-order chi connectivity index (χ1) is 16.7. The van der Waals surface area contributed by atoms with Crippen molar-refractivity contribution in [2.75, 3.05) is 20.2 Å². The highest BCUT2D eigenvalue weighted by atomic mass is 32.1. The van der Waals surface area contributed by atoms with Crippen molar-refractivity contribution >= 4 is 23.3 Å². The van der Waals surface area contributed by atoms with E-state index in [1.807, 2.05) is 72.0 Å². The van der Waals surface area contributed by atoms with Crippen molar-refractivity contribution in [2.24, 2.45) is 12.0 Å². The minimum Gasteiger partial charge on any atom is -0.496 e. The molecule has 0 fully saturated rings. The second-order valence-corrected chi connectivity index (χ2v) is 9.70. The van der Waals surface area contributed by atoms with Crippen molar-refractivity contribution in [1.29, 1.82) is 0 Å². The molecule has 8 heteroatoms. The normalized spacial score (nSPS) is 15.7. The summed E-state index contributed by atoms with van der Waals surface area (Å²) in [6.45, 7) is 11.0. The Bertz CT molecular complexity index is 1500. The van der Waals surface area contributed by atoms with Gasteiger partial charge in [0.15, 0.2) is 4.80 Å². The first-order valence-corrected chi connectivity index (χ1v) is 12.6. The molecule has 2 aromatic heterocycles. The van der Waals surface area contributed by atoms with Crippen molar-refractivity contribution in [2.45, 2.75) is 40.7 Å². The number of hydrogen-bond donors (Lipinski definition) is 0. The van der Waals surface area contributed by atoms with Gasteiger partial charge in [-0.3, -0.25) is 14.2 Å². The molecule has 3 aromatic rings. The number of nitrogens with zero attached hydrogens (tertiary/aromatic N) is 4. The van der Waals surface area contributed by atoms with E-state index in [9.17, 15) is 9.59 Å². The van der Waals surface area contributed by atoms with E-state index in [-0.39, 0.29) is 11.5 Å². The number of ether oxygens (including phenoxy) is 1. The molecule has 1 aliphatic rings. The van der Waals surface area contributed by atoms with Crippen LogP contribution < -0.4 is 19.6 Å². The number of benzene rings is 1. The van der Waals surface area contributed by atoms with Crippen LogP contribution >= 0.6 is 11.3 Å². The molecule has 7 nitrogen and oxygen atoms in total. The van der Waals surface area contributed by atoms with Crippen LogP contribution in [0.2, 0.25) is 0 Å². The number of carbonyl (C=O) groups is 1. The number of amides is 1. The van der Waals surface area contributed by atoms with Crippen molar-refractivity contribution in [3.8, 4) is 5.75 Å². The summed E-state index contributed by atoms with van der Waals surface area (Å²) in [5.41, 5.74) is 4.93. The molecular formula is C27H32N4O3S. The van der Waals surface area contributed by atoms with Crippen molar-refractivity contribution in [1.82, 2.24) is 14.0 Å². The number of thiazole rings is 1. The lowest BCUT2D eigenvalue weighted by Gasteiger charge is -2.29. The maximum absolute atomic E-state index is 13.9. The van der Waals surface area contributed by atoms with Gasteiger partial charge in [0, 0.05) is 37.1 Å². The van der Waals surface area contributed by atoms with Crippen LogP contribution in [-0.4, -0.2) is 40.1 Å². The third-order valence-corrected chi connectivity index (χ3v) is 7.82. The van der Waals surface area contributed by atoms with Gasteiger partial charge >= 0.3 is 0 Å². The molecule has 184 valence electrons. The fourth-order valence-corrected chi connectivity index (χ4v) is 5.67. The average Bonchev–Trinajstić information content (AvgIpc) is 3.28. The van der Waals surface area contributed by atoms with Gasteiger partial charge in [-0.05, 0) is 58.4 Å². The lowest BCUT2D eigenvalue weighted by atomic mass is 9.94. The molecular weight excluding hydrogens is 460 g/mol. The summed E-state index contributed by atoms with van der Waals surface area (Å²) in [6.07, 6.45) is 1.93. The third kappa shape index (κ3) is 4.16. The number of carbonyl (C=O) groups excluding carboxylic acids is 1. The molecule has 0 unspecified atom stereocenters. The molecule has 1 atom stereocenters. The zero-order valence-electron chi connectivity index (χ0n) is 21.4. The maximum atomic E-state index is 13.9. The number of aromatic nitrogens is 2. The second kappa shape index (κ2) is 9.70. The fraction of sp³-hybridized carbons (Fsp3) is 0.370. The molecule has 35 heavy (non-hydrogen) atoms. The van der Waals surface area contributed by atoms with Crippen molar-refractivity contribution in [3.63, 3.8) is 0 Å². The Labute approximate surface area is 209 Å². The highest BCUT2D eigenvalue weighted by Crippen LogP contribution is 2.36. The number of allylic oxidation sites excluding steroid dienone is 1. The molecule has 4 rings (SSSR count). The zero-order chi connectivity index (χ0) is 25.4. The van der Waals surface area contributed by atoms with E-state index >= 15 is 0 Å². The monoisotopic (exact) mass is 492 g/mol. The van der Waals surface area contributed by atoms with Gasteiger partial charge < -0.3 is 14.2 Å². The molecule has 1 amide bonds. The summed E-state index contributed by atoms with van der Waals surface area (Å²) in [5.74, 6) is 0.511. The Morgan fingerprint density at radius 1 is 1.20 bits per heavy atom. The Balaban J connectivity index is 2.01. The Morgan fingerprint density at radius 2 is 1.89 bits per heavy atom. The summed E-state index contributed by atoms with van der Waals surface area (Å²) >= 11 is 1.35. The van der Waals surface area contributed by atoms with E-state index in [4.69, 9.17) is 9.73 Å². The Morgan fingerprint density at radius 3 is 2.49 bits per heavy atom. The summed E-state index contributed by atoms with van der Waals surface area (Å²) in [5, 5.41) is 0. The van der Waals surface area contributed by atoms with Crippen LogP contribution in [0.5, 0.6) is 5.75 Å². The minimum absolute atomic E-state index is 0.115. The summed E-state index contributed by atoms with van der Waals surface area (Å²) in [6, 6.07) is 9.01. The number of para-hydroxylation sites is 1. The highest BCUT2D eigenvalue weighted by Gasteiger charge is 2.35. The van der Waals surface area contributed by atoms with E-state index in [2.05, 4.69) is 10.6 Å². The molecule has 1 aliphatic heterocycles. The van der Waals surface area contributed by atoms with Crippen LogP contribution in [0.3, 0.4) is 0 Å². The van der Waals surface area contributed by atoms with Crippen molar-refractivity contribution < 1.29 is 9.53 Å². The lowest BCUT2D eigenvalue weighted by Crippen LogP contribution is -2.43. The second-order valence-electron chi connectivity index (χ2n) is 8.69. The van der Waals surface area contributed by atoms with Gasteiger partial charge in [0.05, 0.1) is 22.9 Å². The van der Waals surface area contributed by atoms with E-state index < -0.39 is 6.04 Å². The third-order valence-electron chi connectivity index (χ3n) is 6.84.